The number of fused-ring (bicyclic) bond motifs is 1. The molecule has 1 N–H and O–H groups in total. The minimum Gasteiger partial charge on any atom is -0.351 e. The van der Waals surface area contributed by atoms with Crippen molar-refractivity contribution in [1.29, 1.82) is 0 Å². The summed E-state index contributed by atoms with van der Waals surface area (Å²) in [5.74, 6) is 0.135. The Hall–Kier alpha value is -1.88. The van der Waals surface area contributed by atoms with E-state index < -0.39 is 0 Å². The first-order chi connectivity index (χ1) is 9.78. The molecule has 102 valence electrons. The second-order valence-corrected chi connectivity index (χ2v) is 5.53. The summed E-state index contributed by atoms with van der Waals surface area (Å²) in [5, 5.41) is 3.64. The molecule has 0 saturated heterocycles. The minimum absolute atomic E-state index is 0.0723. The number of carbonyl (C=O) groups excluding carboxylic acids is 1. The lowest BCUT2D eigenvalue weighted by Gasteiger charge is -2.24. The molecule has 1 aliphatic heterocycles. The van der Waals surface area contributed by atoms with Crippen LogP contribution in [-0.4, -0.2) is 28.7 Å². The highest BCUT2D eigenvalue weighted by molar-refractivity contribution is 7.98. The number of aromatic nitrogens is 2. The molecule has 1 aliphatic rings. The lowest BCUT2D eigenvalue weighted by molar-refractivity contribution is 0.0937. The van der Waals surface area contributed by atoms with Crippen molar-refractivity contribution in [2.75, 3.05) is 12.8 Å². The summed E-state index contributed by atoms with van der Waals surface area (Å²) in [5.41, 5.74) is 2.73. The average Bonchev–Trinajstić information content (AvgIpc) is 2.51. The van der Waals surface area contributed by atoms with Crippen molar-refractivity contribution in [1.82, 2.24) is 15.3 Å². The number of hydrogen-bond acceptors (Lipinski definition) is 4. The average molecular weight is 285 g/mol. The monoisotopic (exact) mass is 285 g/mol. The normalized spacial score (nSPS) is 17.4. The van der Waals surface area contributed by atoms with Gasteiger partial charge < -0.3 is 5.32 Å². The second-order valence-electron chi connectivity index (χ2n) is 4.75. The van der Waals surface area contributed by atoms with Crippen LogP contribution in [0.5, 0.6) is 0 Å². The maximum atomic E-state index is 11.9. The Bertz CT molecular complexity index is 630. The zero-order valence-corrected chi connectivity index (χ0v) is 12.0. The molecule has 0 unspecified atom stereocenters. The first-order valence-electron chi connectivity index (χ1n) is 6.51. The van der Waals surface area contributed by atoms with Crippen LogP contribution in [0.2, 0.25) is 0 Å². The van der Waals surface area contributed by atoms with Crippen molar-refractivity contribution in [2.24, 2.45) is 0 Å². The molecular formula is C15H15N3OS. The molecule has 1 aromatic heterocycles. The van der Waals surface area contributed by atoms with E-state index in [0.29, 0.717) is 12.1 Å². The van der Waals surface area contributed by atoms with Crippen molar-refractivity contribution in [3.05, 3.63) is 53.3 Å². The number of benzene rings is 1. The first kappa shape index (κ1) is 13.1. The molecular weight excluding hydrogens is 270 g/mol. The molecule has 1 atom stereocenters. The van der Waals surface area contributed by atoms with Gasteiger partial charge in [-0.2, -0.15) is 0 Å². The quantitative estimate of drug-likeness (QED) is 0.694. The van der Waals surface area contributed by atoms with Gasteiger partial charge in [-0.05, 0) is 18.2 Å². The van der Waals surface area contributed by atoms with Crippen LogP contribution in [0.1, 0.15) is 27.5 Å². The largest absolute Gasteiger partial charge is 0.351 e. The van der Waals surface area contributed by atoms with E-state index in [-0.39, 0.29) is 11.8 Å². The van der Waals surface area contributed by atoms with Gasteiger partial charge in [-0.25, -0.2) is 9.97 Å². The SMILES string of the molecule is CSc1ncc2c(n1)[C@@H](Cc1ccccc1)CNC2=O. The van der Waals surface area contributed by atoms with E-state index >= 15 is 0 Å². The molecule has 0 radical (unpaired) electrons. The first-order valence-corrected chi connectivity index (χ1v) is 7.73. The van der Waals surface area contributed by atoms with Crippen LogP contribution in [0.4, 0.5) is 0 Å². The van der Waals surface area contributed by atoms with Crippen LogP contribution in [0, 0.1) is 0 Å². The molecule has 2 aromatic rings. The number of hydrogen-bond donors (Lipinski definition) is 1. The van der Waals surface area contributed by atoms with Gasteiger partial charge in [0.2, 0.25) is 0 Å². The van der Waals surface area contributed by atoms with Crippen molar-refractivity contribution in [3.63, 3.8) is 0 Å². The van der Waals surface area contributed by atoms with Crippen LogP contribution in [0.3, 0.4) is 0 Å². The highest BCUT2D eigenvalue weighted by atomic mass is 32.2. The molecule has 4 nitrogen and oxygen atoms in total. The predicted octanol–water partition coefficient (Wildman–Crippen LogP) is 2.27. The van der Waals surface area contributed by atoms with Crippen molar-refractivity contribution in [2.45, 2.75) is 17.5 Å². The second kappa shape index (κ2) is 5.63. The Morgan fingerprint density at radius 3 is 2.90 bits per heavy atom. The number of carbonyl (C=O) groups is 1. The molecule has 0 bridgehead atoms. The fourth-order valence-corrected chi connectivity index (χ4v) is 2.79. The lowest BCUT2D eigenvalue weighted by atomic mass is 9.90. The number of rotatable bonds is 3. The van der Waals surface area contributed by atoms with Gasteiger partial charge >= 0.3 is 0 Å². The fourth-order valence-electron chi connectivity index (χ4n) is 2.44. The third-order valence-electron chi connectivity index (χ3n) is 3.44. The lowest BCUT2D eigenvalue weighted by Crippen LogP contribution is -2.36. The maximum absolute atomic E-state index is 11.9. The van der Waals surface area contributed by atoms with Crippen LogP contribution in [0.25, 0.3) is 0 Å². The number of nitrogens with one attached hydrogen (secondary N) is 1. The van der Waals surface area contributed by atoms with Gasteiger partial charge in [-0.15, -0.1) is 0 Å². The molecule has 3 rings (SSSR count). The number of nitrogens with zero attached hydrogens (tertiary/aromatic N) is 2. The van der Waals surface area contributed by atoms with E-state index in [2.05, 4.69) is 27.4 Å². The summed E-state index contributed by atoms with van der Waals surface area (Å²) in [6.45, 7) is 0.631. The number of thioether (sulfide) groups is 1. The summed E-state index contributed by atoms with van der Waals surface area (Å²) in [6.07, 6.45) is 4.45. The third-order valence-corrected chi connectivity index (χ3v) is 4.01. The molecule has 1 amide bonds. The van der Waals surface area contributed by atoms with Gasteiger partial charge in [-0.1, -0.05) is 42.1 Å². The Labute approximate surface area is 122 Å². The molecule has 5 heteroatoms. The van der Waals surface area contributed by atoms with Crippen molar-refractivity contribution >= 4 is 17.7 Å². The topological polar surface area (TPSA) is 54.9 Å². The maximum Gasteiger partial charge on any atom is 0.254 e. The Balaban J connectivity index is 1.95. The van der Waals surface area contributed by atoms with Crippen molar-refractivity contribution in [3.8, 4) is 0 Å². The molecule has 0 saturated carbocycles. The van der Waals surface area contributed by atoms with Gasteiger partial charge in [0.15, 0.2) is 5.16 Å². The van der Waals surface area contributed by atoms with E-state index in [9.17, 15) is 4.79 Å². The van der Waals surface area contributed by atoms with Crippen LogP contribution in [0.15, 0.2) is 41.7 Å². The van der Waals surface area contributed by atoms with Gasteiger partial charge in [0.1, 0.15) is 0 Å². The van der Waals surface area contributed by atoms with Crippen molar-refractivity contribution < 1.29 is 4.79 Å². The smallest absolute Gasteiger partial charge is 0.254 e. The summed E-state index contributed by atoms with van der Waals surface area (Å²) in [4.78, 5) is 20.6. The highest BCUT2D eigenvalue weighted by Crippen LogP contribution is 2.26. The summed E-state index contributed by atoms with van der Waals surface area (Å²) in [6, 6.07) is 10.3. The molecule has 0 fully saturated rings. The standard InChI is InChI=1S/C15H15N3OS/c1-20-15-17-9-12-13(18-15)11(8-16-14(12)19)7-10-5-3-2-4-6-10/h2-6,9,11H,7-8H2,1H3,(H,16,19)/t11-/m0/s1. The van der Waals surface area contributed by atoms with E-state index in [4.69, 9.17) is 0 Å². The van der Waals surface area contributed by atoms with E-state index in [1.807, 2.05) is 24.5 Å². The molecule has 0 aliphatic carbocycles. The molecule has 0 spiro atoms. The third kappa shape index (κ3) is 2.54. The van der Waals surface area contributed by atoms with Crippen LogP contribution in [-0.2, 0) is 6.42 Å². The predicted molar refractivity (Wildman–Crippen MR) is 79.0 cm³/mol. The molecule has 2 heterocycles. The summed E-state index contributed by atoms with van der Waals surface area (Å²) >= 11 is 1.50. The summed E-state index contributed by atoms with van der Waals surface area (Å²) in [7, 11) is 0. The Morgan fingerprint density at radius 2 is 2.15 bits per heavy atom. The Kier molecular flexibility index (Phi) is 3.69. The van der Waals surface area contributed by atoms with E-state index in [0.717, 1.165) is 17.3 Å². The minimum atomic E-state index is -0.0723. The molecule has 1 aromatic carbocycles. The van der Waals surface area contributed by atoms with E-state index in [1.165, 1.54) is 17.3 Å². The van der Waals surface area contributed by atoms with Gasteiger partial charge in [0, 0.05) is 18.7 Å². The van der Waals surface area contributed by atoms with Crippen LogP contribution >= 0.6 is 11.8 Å². The van der Waals surface area contributed by atoms with E-state index in [1.54, 1.807) is 6.20 Å². The summed E-state index contributed by atoms with van der Waals surface area (Å²) < 4.78 is 0. The van der Waals surface area contributed by atoms with Gasteiger partial charge in [0.25, 0.3) is 5.91 Å². The van der Waals surface area contributed by atoms with Crippen LogP contribution < -0.4 is 5.32 Å². The zero-order valence-electron chi connectivity index (χ0n) is 11.2. The molecule has 20 heavy (non-hydrogen) atoms. The Morgan fingerprint density at radius 1 is 1.35 bits per heavy atom. The number of amides is 1. The fraction of sp³-hybridized carbons (Fsp3) is 0.267. The highest BCUT2D eigenvalue weighted by Gasteiger charge is 2.27. The zero-order chi connectivity index (χ0) is 13.9. The van der Waals surface area contributed by atoms with Gasteiger partial charge in [0.05, 0.1) is 11.3 Å². The van der Waals surface area contributed by atoms with Gasteiger partial charge in [-0.3, -0.25) is 4.79 Å².